The lowest BCUT2D eigenvalue weighted by molar-refractivity contribution is 0.276. The Balaban J connectivity index is 1.46. The van der Waals surface area contributed by atoms with Crippen LogP contribution in [0.15, 0.2) is 34.9 Å². The number of halogens is 1. The Bertz CT molecular complexity index is 995. The molecule has 30 heavy (non-hydrogen) atoms. The number of benzene rings is 1. The van der Waals surface area contributed by atoms with E-state index in [1.165, 1.54) is 20.3 Å². The van der Waals surface area contributed by atoms with E-state index in [2.05, 4.69) is 31.8 Å². The molecule has 0 N–H and O–H groups in total. The lowest BCUT2D eigenvalue weighted by atomic mass is 9.80. The van der Waals surface area contributed by atoms with Crippen molar-refractivity contribution in [2.45, 2.75) is 31.6 Å². The zero-order chi connectivity index (χ0) is 21.1. The molecule has 1 saturated heterocycles. The second kappa shape index (κ2) is 8.25. The second-order valence-electron chi connectivity index (χ2n) is 7.56. The Morgan fingerprint density at radius 1 is 1.07 bits per heavy atom. The van der Waals surface area contributed by atoms with Gasteiger partial charge in [-0.05, 0) is 24.5 Å². The largest absolute Gasteiger partial charge is 0.467 e. The van der Waals surface area contributed by atoms with Gasteiger partial charge in [-0.3, -0.25) is 0 Å². The van der Waals surface area contributed by atoms with Crippen molar-refractivity contribution >= 4 is 5.95 Å². The zero-order valence-corrected chi connectivity index (χ0v) is 17.3. The van der Waals surface area contributed by atoms with Crippen LogP contribution < -0.4 is 14.4 Å². The molecule has 9 heteroatoms. The molecule has 0 atom stereocenters. The fourth-order valence-corrected chi connectivity index (χ4v) is 3.56. The van der Waals surface area contributed by atoms with Crippen LogP contribution in [0.3, 0.4) is 0 Å². The summed E-state index contributed by atoms with van der Waals surface area (Å²) in [6.07, 6.45) is 3.69. The smallest absolute Gasteiger partial charge is 0.324 e. The number of methoxy groups -OCH3 is 2. The molecule has 1 aromatic carbocycles. The molecule has 0 radical (unpaired) electrons. The van der Waals surface area contributed by atoms with Crippen LogP contribution in [0.25, 0.3) is 0 Å². The predicted molar refractivity (Wildman–Crippen MR) is 107 cm³/mol. The minimum absolute atomic E-state index is 0.217. The summed E-state index contributed by atoms with van der Waals surface area (Å²) in [5.41, 5.74) is 0.378. The van der Waals surface area contributed by atoms with Crippen LogP contribution in [0.1, 0.15) is 37.0 Å². The molecule has 1 aliphatic heterocycles. The van der Waals surface area contributed by atoms with Gasteiger partial charge in [-0.25, -0.2) is 9.37 Å². The first kappa shape index (κ1) is 20.1. The van der Waals surface area contributed by atoms with Crippen molar-refractivity contribution in [2.24, 2.45) is 0 Å². The van der Waals surface area contributed by atoms with E-state index in [-0.39, 0.29) is 23.3 Å². The number of nitrogens with zero attached hydrogens (tertiary/aromatic N) is 5. The molecular formula is C21H24FN5O3. The summed E-state index contributed by atoms with van der Waals surface area (Å²) in [5.74, 6) is 1.62. The maximum Gasteiger partial charge on any atom is 0.324 e. The molecule has 0 aliphatic carbocycles. The van der Waals surface area contributed by atoms with Crippen LogP contribution in [0, 0.1) is 5.82 Å². The average Bonchev–Trinajstić information content (AvgIpc) is 3.25. The highest BCUT2D eigenvalue weighted by Crippen LogP contribution is 2.36. The predicted octanol–water partition coefficient (Wildman–Crippen LogP) is 3.16. The van der Waals surface area contributed by atoms with E-state index in [4.69, 9.17) is 13.9 Å². The van der Waals surface area contributed by atoms with E-state index in [1.807, 2.05) is 6.07 Å². The molecule has 158 valence electrons. The molecule has 1 aliphatic rings. The molecule has 0 saturated carbocycles. The summed E-state index contributed by atoms with van der Waals surface area (Å²) in [7, 11) is 3.01. The van der Waals surface area contributed by atoms with E-state index in [9.17, 15) is 4.39 Å². The maximum absolute atomic E-state index is 13.9. The summed E-state index contributed by atoms with van der Waals surface area (Å²) >= 11 is 0. The molecule has 3 heterocycles. The van der Waals surface area contributed by atoms with Crippen LogP contribution in [0.5, 0.6) is 12.0 Å². The van der Waals surface area contributed by atoms with Crippen molar-refractivity contribution in [3.8, 4) is 12.0 Å². The number of hydrogen-bond donors (Lipinski definition) is 0. The lowest BCUT2D eigenvalue weighted by Crippen LogP contribution is -2.42. The van der Waals surface area contributed by atoms with E-state index < -0.39 is 0 Å². The molecule has 0 bridgehead atoms. The third-order valence-corrected chi connectivity index (χ3v) is 5.49. The van der Waals surface area contributed by atoms with Gasteiger partial charge in [0.1, 0.15) is 11.6 Å². The Hall–Kier alpha value is -3.23. The molecular weight excluding hydrogens is 389 g/mol. The summed E-state index contributed by atoms with van der Waals surface area (Å²) in [6, 6.07) is 7.14. The first-order chi connectivity index (χ1) is 14.5. The number of aromatic nitrogens is 4. The van der Waals surface area contributed by atoms with Gasteiger partial charge in [0.15, 0.2) is 5.89 Å². The second-order valence-corrected chi connectivity index (χ2v) is 7.56. The van der Waals surface area contributed by atoms with E-state index in [1.54, 1.807) is 18.3 Å². The van der Waals surface area contributed by atoms with Crippen molar-refractivity contribution in [3.05, 3.63) is 53.5 Å². The molecule has 2 aromatic heterocycles. The van der Waals surface area contributed by atoms with Gasteiger partial charge in [0.2, 0.25) is 5.95 Å². The fraction of sp³-hybridized carbons (Fsp3) is 0.429. The van der Waals surface area contributed by atoms with Gasteiger partial charge in [-0.15, -0.1) is 4.98 Å². The number of rotatable bonds is 6. The molecule has 1 fully saturated rings. The lowest BCUT2D eigenvalue weighted by Gasteiger charge is -2.37. The van der Waals surface area contributed by atoms with Crippen molar-refractivity contribution in [1.29, 1.82) is 0 Å². The number of anilines is 1. The minimum atomic E-state index is -0.238. The Labute approximate surface area is 174 Å². The molecule has 8 nitrogen and oxygen atoms in total. The number of oxazole rings is 1. The van der Waals surface area contributed by atoms with Gasteiger partial charge in [0, 0.05) is 24.9 Å². The SMILES string of the molecule is COc1nc(OC)nc(N2CCC(C)(c3ncc(Cc4ccccc4F)o3)CC2)n1. The van der Waals surface area contributed by atoms with Gasteiger partial charge >= 0.3 is 12.0 Å². The van der Waals surface area contributed by atoms with E-state index >= 15 is 0 Å². The molecule has 4 rings (SSSR count). The quantitative estimate of drug-likeness (QED) is 0.609. The van der Waals surface area contributed by atoms with Gasteiger partial charge in [0.25, 0.3) is 0 Å². The third-order valence-electron chi connectivity index (χ3n) is 5.49. The van der Waals surface area contributed by atoms with Gasteiger partial charge in [-0.2, -0.15) is 9.97 Å². The van der Waals surface area contributed by atoms with Crippen molar-refractivity contribution in [3.63, 3.8) is 0 Å². The Morgan fingerprint density at radius 3 is 2.37 bits per heavy atom. The number of hydrogen-bond acceptors (Lipinski definition) is 8. The Morgan fingerprint density at radius 2 is 1.73 bits per heavy atom. The third kappa shape index (κ3) is 4.05. The maximum atomic E-state index is 13.9. The highest BCUT2D eigenvalue weighted by atomic mass is 19.1. The normalized spacial score (nSPS) is 15.8. The van der Waals surface area contributed by atoms with Crippen LogP contribution in [-0.2, 0) is 11.8 Å². The van der Waals surface area contributed by atoms with Crippen LogP contribution in [-0.4, -0.2) is 47.2 Å². The van der Waals surface area contributed by atoms with Crippen molar-refractivity contribution in [2.75, 3.05) is 32.2 Å². The monoisotopic (exact) mass is 413 g/mol. The number of ether oxygens (including phenoxy) is 2. The first-order valence-electron chi connectivity index (χ1n) is 9.78. The standard InChI is InChI=1S/C21H24FN5O3/c1-21(17-23-13-15(30-17)12-14-6-4-5-7-16(14)22)8-10-27(11-9-21)18-24-19(28-2)26-20(25-18)29-3/h4-7,13H,8-12H2,1-3H3. The van der Waals surface area contributed by atoms with Gasteiger partial charge in [-0.1, -0.05) is 25.1 Å². The van der Waals surface area contributed by atoms with Crippen LogP contribution in [0.4, 0.5) is 10.3 Å². The molecule has 0 spiro atoms. The topological polar surface area (TPSA) is 86.4 Å². The summed E-state index contributed by atoms with van der Waals surface area (Å²) in [5, 5.41) is 0. The summed E-state index contributed by atoms with van der Waals surface area (Å²) < 4.78 is 30.2. The van der Waals surface area contributed by atoms with E-state index in [0.29, 0.717) is 29.6 Å². The zero-order valence-electron chi connectivity index (χ0n) is 17.3. The summed E-state index contributed by atoms with van der Waals surface area (Å²) in [4.78, 5) is 19.3. The fourth-order valence-electron chi connectivity index (χ4n) is 3.56. The molecule has 0 unspecified atom stereocenters. The van der Waals surface area contributed by atoms with Crippen LogP contribution >= 0.6 is 0 Å². The molecule has 3 aromatic rings. The molecule has 0 amide bonds. The highest BCUT2D eigenvalue weighted by Gasteiger charge is 2.37. The van der Waals surface area contributed by atoms with E-state index in [0.717, 1.165) is 25.9 Å². The van der Waals surface area contributed by atoms with Crippen LogP contribution in [0.2, 0.25) is 0 Å². The van der Waals surface area contributed by atoms with Crippen molar-refractivity contribution in [1.82, 2.24) is 19.9 Å². The summed E-state index contributed by atoms with van der Waals surface area (Å²) in [6.45, 7) is 3.58. The van der Waals surface area contributed by atoms with Gasteiger partial charge < -0.3 is 18.8 Å². The van der Waals surface area contributed by atoms with Crippen molar-refractivity contribution < 1.29 is 18.3 Å². The number of piperidine rings is 1. The van der Waals surface area contributed by atoms with Gasteiger partial charge in [0.05, 0.1) is 20.4 Å². The average molecular weight is 413 g/mol. The Kier molecular flexibility index (Phi) is 5.52. The highest BCUT2D eigenvalue weighted by molar-refractivity contribution is 5.34. The minimum Gasteiger partial charge on any atom is -0.467 e. The first-order valence-corrected chi connectivity index (χ1v) is 9.78.